The summed E-state index contributed by atoms with van der Waals surface area (Å²) in [5.41, 5.74) is 1.42. The number of aromatic nitrogens is 2. The maximum absolute atomic E-state index is 13.6. The van der Waals surface area contributed by atoms with Gasteiger partial charge >= 0.3 is 0 Å². The molecule has 6 heteroatoms. The van der Waals surface area contributed by atoms with E-state index in [-0.39, 0.29) is 11.7 Å². The molecule has 0 saturated heterocycles. The minimum Gasteiger partial charge on any atom is -0.336 e. The number of aryl methyl sites for hydroxylation is 1. The van der Waals surface area contributed by atoms with Crippen LogP contribution in [0.5, 0.6) is 0 Å². The van der Waals surface area contributed by atoms with E-state index >= 15 is 0 Å². The first-order valence-corrected chi connectivity index (χ1v) is 7.90. The van der Waals surface area contributed by atoms with Crippen molar-refractivity contribution in [1.82, 2.24) is 10.2 Å². The summed E-state index contributed by atoms with van der Waals surface area (Å²) in [6, 6.07) is 19.3. The Morgan fingerprint density at radius 3 is 2.28 bits per heavy atom. The molecule has 25 heavy (non-hydrogen) atoms. The molecule has 3 aromatic rings. The Bertz CT molecular complexity index is 838. The van der Waals surface area contributed by atoms with Crippen molar-refractivity contribution in [2.24, 2.45) is 0 Å². The molecular weight excluding hydrogens is 319 g/mol. The van der Waals surface area contributed by atoms with E-state index in [2.05, 4.69) is 20.8 Å². The van der Waals surface area contributed by atoms with Crippen LogP contribution in [0.3, 0.4) is 0 Å². The number of nitrogens with zero attached hydrogens (tertiary/aromatic N) is 2. The van der Waals surface area contributed by atoms with E-state index in [0.717, 1.165) is 5.56 Å². The average Bonchev–Trinajstić information content (AvgIpc) is 2.64. The number of carbonyl (C=O) groups is 1. The number of hydrogen-bond donors (Lipinski definition) is 2. The number of nitrogens with one attached hydrogen (secondary N) is 2. The summed E-state index contributed by atoms with van der Waals surface area (Å²) in [5.74, 6) is 0.250. The maximum Gasteiger partial charge on any atom is 0.225 e. The fraction of sp³-hybridized carbons (Fsp3) is 0.105. The summed E-state index contributed by atoms with van der Waals surface area (Å²) in [6.45, 7) is 0. The molecule has 0 aliphatic carbocycles. The van der Waals surface area contributed by atoms with Crippen molar-refractivity contribution in [3.8, 4) is 0 Å². The standard InChI is InChI=1S/C19H17FN4O/c20-15-8-4-5-9-16(15)21-17-11-12-18(24-23-17)22-19(25)13-10-14-6-2-1-3-7-14/h1-9,11-12H,10,13H2,(H,21,23)(H,22,24,25). The van der Waals surface area contributed by atoms with Crippen LogP contribution in [0.4, 0.5) is 21.7 Å². The third-order valence-corrected chi connectivity index (χ3v) is 3.55. The summed E-state index contributed by atoms with van der Waals surface area (Å²) in [6.07, 6.45) is 1.02. The summed E-state index contributed by atoms with van der Waals surface area (Å²) in [5, 5.41) is 13.4. The monoisotopic (exact) mass is 336 g/mol. The second kappa shape index (κ2) is 8.01. The molecular formula is C19H17FN4O. The van der Waals surface area contributed by atoms with Gasteiger partial charge in [-0.05, 0) is 36.2 Å². The minimum atomic E-state index is -0.373. The number of hydrogen-bond acceptors (Lipinski definition) is 4. The Balaban J connectivity index is 1.53. The molecule has 2 N–H and O–H groups in total. The lowest BCUT2D eigenvalue weighted by Gasteiger charge is -2.07. The molecule has 0 fully saturated rings. The highest BCUT2D eigenvalue weighted by atomic mass is 19.1. The lowest BCUT2D eigenvalue weighted by Crippen LogP contribution is -2.14. The average molecular weight is 336 g/mol. The second-order valence-corrected chi connectivity index (χ2v) is 5.44. The van der Waals surface area contributed by atoms with E-state index in [1.54, 1.807) is 30.3 Å². The van der Waals surface area contributed by atoms with Crippen LogP contribution in [0.2, 0.25) is 0 Å². The lowest BCUT2D eigenvalue weighted by atomic mass is 10.1. The van der Waals surface area contributed by atoms with Gasteiger partial charge in [0, 0.05) is 6.42 Å². The van der Waals surface area contributed by atoms with Crippen LogP contribution in [-0.2, 0) is 11.2 Å². The molecule has 1 amide bonds. The van der Waals surface area contributed by atoms with Gasteiger partial charge in [0.2, 0.25) is 5.91 Å². The normalized spacial score (nSPS) is 10.3. The Morgan fingerprint density at radius 2 is 1.56 bits per heavy atom. The van der Waals surface area contributed by atoms with Crippen LogP contribution in [0.15, 0.2) is 66.7 Å². The predicted molar refractivity (Wildman–Crippen MR) is 95.1 cm³/mol. The zero-order valence-corrected chi connectivity index (χ0v) is 13.4. The molecule has 126 valence electrons. The molecule has 0 spiro atoms. The third kappa shape index (κ3) is 4.84. The van der Waals surface area contributed by atoms with Gasteiger partial charge in [-0.1, -0.05) is 42.5 Å². The zero-order chi connectivity index (χ0) is 17.5. The summed E-state index contributed by atoms with van der Waals surface area (Å²) in [4.78, 5) is 12.0. The van der Waals surface area contributed by atoms with E-state index in [0.29, 0.717) is 30.2 Å². The second-order valence-electron chi connectivity index (χ2n) is 5.44. The van der Waals surface area contributed by atoms with E-state index in [4.69, 9.17) is 0 Å². The lowest BCUT2D eigenvalue weighted by molar-refractivity contribution is -0.116. The number of anilines is 3. The molecule has 3 rings (SSSR count). The van der Waals surface area contributed by atoms with Crippen LogP contribution in [0.1, 0.15) is 12.0 Å². The summed E-state index contributed by atoms with van der Waals surface area (Å²) >= 11 is 0. The van der Waals surface area contributed by atoms with Crippen LogP contribution in [0, 0.1) is 5.82 Å². The van der Waals surface area contributed by atoms with Crippen molar-refractivity contribution < 1.29 is 9.18 Å². The Labute approximate surface area is 144 Å². The van der Waals surface area contributed by atoms with E-state index in [1.165, 1.54) is 6.07 Å². The third-order valence-electron chi connectivity index (χ3n) is 3.55. The summed E-state index contributed by atoms with van der Waals surface area (Å²) < 4.78 is 13.6. The quantitative estimate of drug-likeness (QED) is 0.716. The van der Waals surface area contributed by atoms with Gasteiger partial charge in [0.15, 0.2) is 11.6 Å². The number of halogens is 1. The smallest absolute Gasteiger partial charge is 0.225 e. The van der Waals surface area contributed by atoms with Gasteiger partial charge in [0.25, 0.3) is 0 Å². The molecule has 0 saturated carbocycles. The summed E-state index contributed by atoms with van der Waals surface area (Å²) in [7, 11) is 0. The SMILES string of the molecule is O=C(CCc1ccccc1)Nc1ccc(Nc2ccccc2F)nn1. The van der Waals surface area contributed by atoms with Crippen molar-refractivity contribution in [2.75, 3.05) is 10.6 Å². The first kappa shape index (κ1) is 16.6. The Hall–Kier alpha value is -3.28. The molecule has 1 aromatic heterocycles. The molecule has 1 heterocycles. The molecule has 2 aromatic carbocycles. The van der Waals surface area contributed by atoms with Crippen molar-refractivity contribution in [1.29, 1.82) is 0 Å². The van der Waals surface area contributed by atoms with Crippen molar-refractivity contribution in [3.05, 3.63) is 78.1 Å². The maximum atomic E-state index is 13.6. The number of carbonyl (C=O) groups excluding carboxylic acids is 1. The minimum absolute atomic E-state index is 0.132. The van der Waals surface area contributed by atoms with Gasteiger partial charge in [-0.2, -0.15) is 0 Å². The highest BCUT2D eigenvalue weighted by molar-refractivity contribution is 5.89. The van der Waals surface area contributed by atoms with Gasteiger partial charge in [0.1, 0.15) is 5.82 Å². The zero-order valence-electron chi connectivity index (χ0n) is 13.4. The largest absolute Gasteiger partial charge is 0.336 e. The predicted octanol–water partition coefficient (Wildman–Crippen LogP) is 3.93. The fourth-order valence-corrected chi connectivity index (χ4v) is 2.27. The first-order valence-electron chi connectivity index (χ1n) is 7.90. The topological polar surface area (TPSA) is 66.9 Å². The molecule has 0 aliphatic rings. The number of benzene rings is 2. The fourth-order valence-electron chi connectivity index (χ4n) is 2.27. The number of rotatable bonds is 6. The van der Waals surface area contributed by atoms with Gasteiger partial charge in [-0.3, -0.25) is 4.79 Å². The van der Waals surface area contributed by atoms with Gasteiger partial charge in [0.05, 0.1) is 5.69 Å². The molecule has 0 bridgehead atoms. The van der Waals surface area contributed by atoms with Gasteiger partial charge in [-0.25, -0.2) is 4.39 Å². The Kier molecular flexibility index (Phi) is 5.31. The van der Waals surface area contributed by atoms with E-state index in [1.807, 2.05) is 30.3 Å². The molecule has 0 radical (unpaired) electrons. The van der Waals surface area contributed by atoms with E-state index < -0.39 is 0 Å². The first-order chi connectivity index (χ1) is 12.2. The van der Waals surface area contributed by atoms with Crippen LogP contribution >= 0.6 is 0 Å². The van der Waals surface area contributed by atoms with Crippen LogP contribution < -0.4 is 10.6 Å². The van der Waals surface area contributed by atoms with Gasteiger partial charge in [-0.15, -0.1) is 10.2 Å². The van der Waals surface area contributed by atoms with Crippen molar-refractivity contribution >= 4 is 23.2 Å². The highest BCUT2D eigenvalue weighted by Gasteiger charge is 2.06. The molecule has 0 unspecified atom stereocenters. The Morgan fingerprint density at radius 1 is 0.880 bits per heavy atom. The van der Waals surface area contributed by atoms with E-state index in [9.17, 15) is 9.18 Å². The van der Waals surface area contributed by atoms with Crippen molar-refractivity contribution in [3.63, 3.8) is 0 Å². The molecule has 0 aliphatic heterocycles. The van der Waals surface area contributed by atoms with Gasteiger partial charge < -0.3 is 10.6 Å². The van der Waals surface area contributed by atoms with Crippen LogP contribution in [0.25, 0.3) is 0 Å². The number of amides is 1. The molecule has 5 nitrogen and oxygen atoms in total. The number of para-hydroxylation sites is 1. The van der Waals surface area contributed by atoms with Crippen LogP contribution in [-0.4, -0.2) is 16.1 Å². The highest BCUT2D eigenvalue weighted by Crippen LogP contribution is 2.18. The van der Waals surface area contributed by atoms with Crippen molar-refractivity contribution in [2.45, 2.75) is 12.8 Å². The molecule has 0 atom stereocenters.